The van der Waals surface area contributed by atoms with E-state index in [0.29, 0.717) is 17.7 Å². The number of hydrogen-bond donors (Lipinski definition) is 2. The summed E-state index contributed by atoms with van der Waals surface area (Å²) in [5.74, 6) is 3.62. The van der Waals surface area contributed by atoms with Crippen LogP contribution < -0.4 is 10.6 Å². The Morgan fingerprint density at radius 2 is 1.36 bits per heavy atom. The second-order valence-corrected chi connectivity index (χ2v) is 23.8. The third-order valence-corrected chi connectivity index (χ3v) is 9.48. The first kappa shape index (κ1) is 61.5. The Morgan fingerprint density at radius 1 is 0.761 bits per heavy atom. The van der Waals surface area contributed by atoms with Crippen LogP contribution in [0.15, 0.2) is 56.0 Å². The van der Waals surface area contributed by atoms with Crippen LogP contribution in [0.4, 0.5) is 5.95 Å². The molecule has 0 radical (unpaired) electrons. The lowest BCUT2D eigenvalue weighted by molar-refractivity contribution is 0.320. The Labute approximate surface area is 405 Å². The highest BCUT2D eigenvalue weighted by molar-refractivity contribution is 7.09. The molecule has 6 heterocycles. The number of anilines is 1. The summed E-state index contributed by atoms with van der Waals surface area (Å²) < 4.78 is 6.55. The zero-order valence-electron chi connectivity index (χ0n) is 45.6. The highest BCUT2D eigenvalue weighted by Crippen LogP contribution is 2.29. The Bertz CT molecular complexity index is 2050. The van der Waals surface area contributed by atoms with Crippen molar-refractivity contribution >= 4 is 23.1 Å². The van der Waals surface area contributed by atoms with Crippen LogP contribution in [0.2, 0.25) is 0 Å². The molecule has 0 atom stereocenters. The van der Waals surface area contributed by atoms with Gasteiger partial charge in [0.2, 0.25) is 11.8 Å². The van der Waals surface area contributed by atoms with Gasteiger partial charge in [-0.25, -0.2) is 19.6 Å². The van der Waals surface area contributed by atoms with Gasteiger partial charge in [0.25, 0.3) is 0 Å². The van der Waals surface area contributed by atoms with Gasteiger partial charge in [-0.15, -0.1) is 26.6 Å². The minimum atomic E-state index is -0.0201. The molecular weight excluding hydrogens is 867 g/mol. The molecule has 1 aliphatic heterocycles. The minimum Gasteiger partial charge on any atom is -0.388 e. The zero-order valence-corrected chi connectivity index (χ0v) is 46.4. The highest BCUT2D eigenvalue weighted by atomic mass is 32.1. The van der Waals surface area contributed by atoms with E-state index in [4.69, 9.17) is 10.3 Å². The summed E-state index contributed by atoms with van der Waals surface area (Å²) >= 11 is 1.75. The third-order valence-electron chi connectivity index (χ3n) is 8.12. The molecular formula is C46H85N19OS. The van der Waals surface area contributed by atoms with Gasteiger partial charge < -0.3 is 15.2 Å². The van der Waals surface area contributed by atoms with Gasteiger partial charge in [0.15, 0.2) is 12.2 Å². The number of aromatic amines is 1. The number of H-pyrrole nitrogens is 1. The van der Waals surface area contributed by atoms with Gasteiger partial charge in [-0.1, -0.05) is 114 Å². The molecule has 3 N–H and O–H groups in total. The van der Waals surface area contributed by atoms with Crippen LogP contribution in [-0.4, -0.2) is 103 Å². The van der Waals surface area contributed by atoms with E-state index in [1.165, 1.54) is 22.5 Å². The molecule has 0 aliphatic carbocycles. The predicted octanol–water partition coefficient (Wildman–Crippen LogP) is 9.82. The van der Waals surface area contributed by atoms with E-state index in [1.807, 2.05) is 114 Å². The van der Waals surface area contributed by atoms with Gasteiger partial charge in [-0.05, 0) is 82.2 Å². The summed E-state index contributed by atoms with van der Waals surface area (Å²) in [5.41, 5.74) is 10.2. The number of hydrogen-bond acceptors (Lipinski definition) is 18. The fourth-order valence-corrected chi connectivity index (χ4v) is 5.46. The molecule has 0 amide bonds. The summed E-state index contributed by atoms with van der Waals surface area (Å²) in [4.78, 5) is 28.0. The van der Waals surface area contributed by atoms with Crippen LogP contribution in [-0.2, 0) is 27.2 Å². The lowest BCUT2D eigenvalue weighted by Crippen LogP contribution is -2.22. The van der Waals surface area contributed by atoms with E-state index in [-0.39, 0.29) is 38.2 Å². The minimum absolute atomic E-state index is 0.00347. The fourth-order valence-electron chi connectivity index (χ4n) is 4.57. The first-order valence-electron chi connectivity index (χ1n) is 22.2. The molecule has 0 saturated carbocycles. The van der Waals surface area contributed by atoms with Crippen molar-refractivity contribution in [3.8, 4) is 0 Å². The van der Waals surface area contributed by atoms with Gasteiger partial charge >= 0.3 is 0 Å². The third kappa shape index (κ3) is 27.1. The highest BCUT2D eigenvalue weighted by Gasteiger charge is 2.21. The smallest absolute Gasteiger partial charge is 0.231 e. The number of tetrazole rings is 2. The maximum Gasteiger partial charge on any atom is 0.231 e. The number of aromatic nitrogens is 14. The van der Waals surface area contributed by atoms with Crippen molar-refractivity contribution in [2.45, 2.75) is 192 Å². The number of nitrogens with two attached hydrogens (primary N) is 1. The van der Waals surface area contributed by atoms with Crippen LogP contribution in [0.3, 0.4) is 0 Å². The molecule has 67 heavy (non-hydrogen) atoms. The van der Waals surface area contributed by atoms with Crippen molar-refractivity contribution in [3.05, 3.63) is 64.4 Å². The van der Waals surface area contributed by atoms with Gasteiger partial charge in [0.1, 0.15) is 18.5 Å². The van der Waals surface area contributed by atoms with Crippen LogP contribution in [0.25, 0.3) is 0 Å². The van der Waals surface area contributed by atoms with Crippen molar-refractivity contribution in [2.24, 2.45) is 26.4 Å². The number of nitrogens with one attached hydrogen (secondary N) is 1. The average molecular weight is 952 g/mol. The van der Waals surface area contributed by atoms with Crippen molar-refractivity contribution in [1.29, 1.82) is 0 Å². The first-order valence-corrected chi connectivity index (χ1v) is 23.0. The maximum absolute atomic E-state index is 5.33. The van der Waals surface area contributed by atoms with E-state index >= 15 is 0 Å². The number of azo groups is 1. The van der Waals surface area contributed by atoms with E-state index < -0.39 is 0 Å². The first-order chi connectivity index (χ1) is 30.3. The second-order valence-electron chi connectivity index (χ2n) is 22.9. The molecule has 20 nitrogen and oxygen atoms in total. The standard InChI is InChI=1S/C9H16N4.C8H13NS.C7H12N2.C6H10N2O.C6H14N2.2C5H10N4/c1-9(2,3)7-10-6-11-8(12-7)13(4)5;1-6-7(8(2,3)4)10-5-9-6;1-7(2,3)6-4-8-9-5-6;1-6(2,3)5-7-4-8-9-5;1-5(7)8-6(2,3)4;1-5(2,3)9-4-6-7-8-9;1-5(2,3)4-6-8-9-7-4/h6H,1-5H3;5H,1-4H3;4H,5H2,1-3H3;4H,1-3H3;1-4H3,(H2,7,8);4H,1-3H3;1-3H3,(H,6,7,8,9). The summed E-state index contributed by atoms with van der Waals surface area (Å²) in [7, 11) is 3.84. The number of nitrogens with zero attached hydrogens (tertiary/aromatic N) is 17. The molecule has 6 rings (SSSR count). The van der Waals surface area contributed by atoms with E-state index in [1.54, 1.807) is 35.6 Å². The van der Waals surface area contributed by atoms with Crippen LogP contribution in [0.1, 0.15) is 180 Å². The van der Waals surface area contributed by atoms with Crippen molar-refractivity contribution in [1.82, 2.24) is 70.9 Å². The summed E-state index contributed by atoms with van der Waals surface area (Å²) in [6, 6.07) is 0. The van der Waals surface area contributed by atoms with Gasteiger partial charge in [0.05, 0.1) is 40.9 Å². The fraction of sp³-hybridized carbons (Fsp3) is 0.717. The molecule has 1 aliphatic rings. The van der Waals surface area contributed by atoms with Crippen molar-refractivity contribution < 1.29 is 4.52 Å². The Morgan fingerprint density at radius 3 is 1.60 bits per heavy atom. The largest absolute Gasteiger partial charge is 0.388 e. The molecule has 5 aromatic heterocycles. The molecule has 376 valence electrons. The quantitative estimate of drug-likeness (QED) is 0.117. The topological polar surface area (TPSA) is 255 Å². The predicted molar refractivity (Wildman–Crippen MR) is 271 cm³/mol. The van der Waals surface area contributed by atoms with Crippen molar-refractivity contribution in [3.63, 3.8) is 0 Å². The van der Waals surface area contributed by atoms with E-state index in [2.05, 4.69) is 151 Å². The lowest BCUT2D eigenvalue weighted by Gasteiger charge is -2.18. The number of aliphatic imine (C=N–C) groups is 1. The monoisotopic (exact) mass is 952 g/mol. The Balaban J connectivity index is 0.000000763. The summed E-state index contributed by atoms with van der Waals surface area (Å²) in [5, 5.41) is 35.5. The van der Waals surface area contributed by atoms with Crippen LogP contribution in [0, 0.1) is 12.3 Å². The lowest BCUT2D eigenvalue weighted by atomic mass is 9.87. The van der Waals surface area contributed by atoms with Gasteiger partial charge in [-0.3, -0.25) is 4.99 Å². The molecule has 5 aromatic rings. The molecule has 0 spiro atoms. The van der Waals surface area contributed by atoms with Crippen LogP contribution in [0.5, 0.6) is 0 Å². The van der Waals surface area contributed by atoms with Gasteiger partial charge in [-0.2, -0.15) is 25.4 Å². The number of thiazole rings is 1. The molecule has 0 bridgehead atoms. The normalized spacial score (nSPS) is 13.0. The zero-order chi connectivity index (χ0) is 52.2. The van der Waals surface area contributed by atoms with Crippen LogP contribution >= 0.6 is 11.3 Å². The summed E-state index contributed by atoms with van der Waals surface area (Å²) in [6.45, 7) is 48.5. The summed E-state index contributed by atoms with van der Waals surface area (Å²) in [6.07, 6.45) is 6.45. The number of amidine groups is 1. The molecule has 0 aromatic carbocycles. The molecule has 0 saturated heterocycles. The number of rotatable bonds is 1. The second kappa shape index (κ2) is 26.2. The van der Waals surface area contributed by atoms with Crippen molar-refractivity contribution in [2.75, 3.05) is 25.5 Å². The van der Waals surface area contributed by atoms with E-state index in [9.17, 15) is 0 Å². The Kier molecular flexibility index (Phi) is 24.0. The number of aryl methyl sites for hydroxylation is 1. The maximum atomic E-state index is 5.33. The van der Waals surface area contributed by atoms with E-state index in [0.717, 1.165) is 18.2 Å². The average Bonchev–Trinajstić information content (AvgIpc) is 4.00. The SMILES string of the molecule is CC(C)(C)C1=CN=NC1.CC(C)(C)c1ncno1.CC(C)(C)c1nn[nH]n1.CC(C)(C)n1cnnn1.CC(N)=NC(C)(C)C.CN(C)c1ncnc(C(C)(C)C)n1.Cc1ncsc1C(C)(C)C. The van der Waals surface area contributed by atoms with Gasteiger partial charge in [0, 0.05) is 35.2 Å². The molecule has 21 heteroatoms. The molecule has 0 unspecified atom stereocenters. The Hall–Kier alpha value is -5.47. The molecule has 0 fully saturated rings.